The van der Waals surface area contributed by atoms with E-state index in [2.05, 4.69) is 20.8 Å². The molecule has 1 N–H and O–H groups in total. The summed E-state index contributed by atoms with van der Waals surface area (Å²) in [5.74, 6) is 1.14. The minimum atomic E-state index is -0.375. The summed E-state index contributed by atoms with van der Waals surface area (Å²) in [4.78, 5) is 0. The first kappa shape index (κ1) is 9.51. The summed E-state index contributed by atoms with van der Waals surface area (Å²) in [5.41, 5.74) is 0.0338. The molecule has 76 valence electrons. The first-order chi connectivity index (χ1) is 5.94. The van der Waals surface area contributed by atoms with Gasteiger partial charge in [-0.3, -0.25) is 0 Å². The van der Waals surface area contributed by atoms with Crippen LogP contribution < -0.4 is 0 Å². The highest BCUT2D eigenvalue weighted by molar-refractivity contribution is 5.07. The lowest BCUT2D eigenvalue weighted by atomic mass is 9.81. The topological polar surface area (TPSA) is 20.2 Å². The summed E-state index contributed by atoms with van der Waals surface area (Å²) < 4.78 is 0. The number of rotatable bonds is 2. The van der Waals surface area contributed by atoms with Gasteiger partial charge in [-0.1, -0.05) is 26.7 Å². The van der Waals surface area contributed by atoms with Gasteiger partial charge in [-0.25, -0.2) is 0 Å². The third-order valence-electron chi connectivity index (χ3n) is 4.40. The maximum atomic E-state index is 10.5. The molecule has 0 aromatic rings. The van der Waals surface area contributed by atoms with Crippen molar-refractivity contribution in [1.82, 2.24) is 0 Å². The zero-order chi connectivity index (χ0) is 9.69. The van der Waals surface area contributed by atoms with Crippen molar-refractivity contribution in [3.05, 3.63) is 0 Å². The fourth-order valence-corrected chi connectivity index (χ4v) is 3.26. The number of hydrogen-bond donors (Lipinski definition) is 1. The Labute approximate surface area is 81.5 Å². The number of hydrogen-bond acceptors (Lipinski definition) is 1. The van der Waals surface area contributed by atoms with E-state index >= 15 is 0 Å². The zero-order valence-electron chi connectivity index (χ0n) is 9.14. The van der Waals surface area contributed by atoms with Crippen LogP contribution in [0.25, 0.3) is 0 Å². The Bertz CT molecular complexity index is 192. The average Bonchev–Trinajstić information content (AvgIpc) is 2.56. The molecule has 1 heteroatoms. The van der Waals surface area contributed by atoms with Crippen LogP contribution in [0.3, 0.4) is 0 Å². The van der Waals surface area contributed by atoms with Crippen LogP contribution in [-0.2, 0) is 0 Å². The van der Waals surface area contributed by atoms with Gasteiger partial charge in [-0.2, -0.15) is 0 Å². The molecule has 13 heavy (non-hydrogen) atoms. The Morgan fingerprint density at radius 2 is 1.69 bits per heavy atom. The highest BCUT2D eigenvalue weighted by Gasteiger charge is 2.57. The van der Waals surface area contributed by atoms with Gasteiger partial charge in [0.15, 0.2) is 0 Å². The highest BCUT2D eigenvalue weighted by atomic mass is 16.3. The summed E-state index contributed by atoms with van der Waals surface area (Å²) in [6.07, 6.45) is 6.37. The van der Waals surface area contributed by atoms with Crippen LogP contribution in [0, 0.1) is 17.3 Å². The van der Waals surface area contributed by atoms with Crippen molar-refractivity contribution >= 4 is 0 Å². The molecule has 0 aliphatic heterocycles. The molecule has 0 aromatic carbocycles. The maximum absolute atomic E-state index is 10.5. The molecule has 2 aliphatic carbocycles. The Kier molecular flexibility index (Phi) is 1.99. The third kappa shape index (κ3) is 1.52. The van der Waals surface area contributed by atoms with Crippen LogP contribution in [0.2, 0.25) is 0 Å². The fourth-order valence-electron chi connectivity index (χ4n) is 3.26. The molecule has 2 atom stereocenters. The molecule has 2 rings (SSSR count). The molecule has 0 amide bonds. The van der Waals surface area contributed by atoms with Crippen molar-refractivity contribution in [2.24, 2.45) is 17.3 Å². The van der Waals surface area contributed by atoms with Crippen LogP contribution >= 0.6 is 0 Å². The second-order valence-corrected chi connectivity index (χ2v) is 5.95. The van der Waals surface area contributed by atoms with Crippen molar-refractivity contribution in [3.8, 4) is 0 Å². The molecule has 0 radical (unpaired) electrons. The molecule has 2 aliphatic rings. The maximum Gasteiger partial charge on any atom is 0.0681 e. The lowest BCUT2D eigenvalue weighted by molar-refractivity contribution is -0.0291. The SMILES string of the molecule is CC1(C)CC1C(C)(O)C1CCCC1. The van der Waals surface area contributed by atoms with Crippen molar-refractivity contribution in [1.29, 1.82) is 0 Å². The monoisotopic (exact) mass is 182 g/mol. The standard InChI is InChI=1S/C12H22O/c1-11(2)8-10(11)12(3,13)9-6-4-5-7-9/h9-10,13H,4-8H2,1-3H3. The molecule has 0 heterocycles. The second-order valence-electron chi connectivity index (χ2n) is 5.95. The van der Waals surface area contributed by atoms with E-state index in [1.165, 1.54) is 32.1 Å². The van der Waals surface area contributed by atoms with E-state index in [0.29, 0.717) is 17.3 Å². The lowest BCUT2D eigenvalue weighted by Crippen LogP contribution is -2.37. The van der Waals surface area contributed by atoms with Gasteiger partial charge < -0.3 is 5.11 Å². The molecule has 2 fully saturated rings. The van der Waals surface area contributed by atoms with E-state index in [-0.39, 0.29) is 5.60 Å². The minimum absolute atomic E-state index is 0.375. The first-order valence-electron chi connectivity index (χ1n) is 5.67. The number of aliphatic hydroxyl groups is 1. The van der Waals surface area contributed by atoms with Gasteiger partial charge in [-0.15, -0.1) is 0 Å². The zero-order valence-corrected chi connectivity index (χ0v) is 9.14. The Hall–Kier alpha value is -0.0400. The third-order valence-corrected chi connectivity index (χ3v) is 4.40. The first-order valence-corrected chi connectivity index (χ1v) is 5.67. The van der Waals surface area contributed by atoms with E-state index in [1.807, 2.05) is 0 Å². The van der Waals surface area contributed by atoms with Gasteiger partial charge >= 0.3 is 0 Å². The van der Waals surface area contributed by atoms with Crippen LogP contribution in [0.15, 0.2) is 0 Å². The summed E-state index contributed by atoms with van der Waals surface area (Å²) in [6.45, 7) is 6.63. The summed E-state index contributed by atoms with van der Waals surface area (Å²) in [6, 6.07) is 0. The molecular formula is C12H22O. The summed E-state index contributed by atoms with van der Waals surface area (Å²) in [7, 11) is 0. The Morgan fingerprint density at radius 1 is 1.23 bits per heavy atom. The summed E-state index contributed by atoms with van der Waals surface area (Å²) >= 11 is 0. The van der Waals surface area contributed by atoms with E-state index in [0.717, 1.165) is 0 Å². The molecular weight excluding hydrogens is 160 g/mol. The summed E-state index contributed by atoms with van der Waals surface area (Å²) in [5, 5.41) is 10.5. The van der Waals surface area contributed by atoms with Crippen molar-refractivity contribution in [2.45, 2.75) is 58.5 Å². The molecule has 1 nitrogen and oxygen atoms in total. The Balaban J connectivity index is 2.03. The molecule has 0 spiro atoms. The van der Waals surface area contributed by atoms with Crippen molar-refractivity contribution in [3.63, 3.8) is 0 Å². The largest absolute Gasteiger partial charge is 0.390 e. The second kappa shape index (κ2) is 2.73. The molecule has 2 unspecified atom stereocenters. The smallest absolute Gasteiger partial charge is 0.0681 e. The Morgan fingerprint density at radius 3 is 2.08 bits per heavy atom. The van der Waals surface area contributed by atoms with Crippen molar-refractivity contribution < 1.29 is 5.11 Å². The predicted molar refractivity (Wildman–Crippen MR) is 54.5 cm³/mol. The van der Waals surface area contributed by atoms with Gasteiger partial charge in [0, 0.05) is 0 Å². The van der Waals surface area contributed by atoms with Crippen LogP contribution in [-0.4, -0.2) is 10.7 Å². The van der Waals surface area contributed by atoms with E-state index in [1.54, 1.807) is 0 Å². The fraction of sp³-hybridized carbons (Fsp3) is 1.00. The molecule has 2 saturated carbocycles. The van der Waals surface area contributed by atoms with Gasteiger partial charge in [0.2, 0.25) is 0 Å². The van der Waals surface area contributed by atoms with Gasteiger partial charge in [0.25, 0.3) is 0 Å². The van der Waals surface area contributed by atoms with Crippen molar-refractivity contribution in [2.75, 3.05) is 0 Å². The van der Waals surface area contributed by atoms with Crippen LogP contribution in [0.1, 0.15) is 52.9 Å². The van der Waals surface area contributed by atoms with Gasteiger partial charge in [0.05, 0.1) is 5.60 Å². The minimum Gasteiger partial charge on any atom is -0.390 e. The van der Waals surface area contributed by atoms with Gasteiger partial charge in [0.1, 0.15) is 0 Å². The lowest BCUT2D eigenvalue weighted by Gasteiger charge is -2.31. The van der Waals surface area contributed by atoms with Gasteiger partial charge in [-0.05, 0) is 43.4 Å². The van der Waals surface area contributed by atoms with E-state index in [4.69, 9.17) is 0 Å². The highest BCUT2D eigenvalue weighted by Crippen LogP contribution is 2.60. The van der Waals surface area contributed by atoms with E-state index in [9.17, 15) is 5.11 Å². The molecule has 0 bridgehead atoms. The predicted octanol–water partition coefficient (Wildman–Crippen LogP) is 2.97. The van der Waals surface area contributed by atoms with E-state index < -0.39 is 0 Å². The van der Waals surface area contributed by atoms with Crippen LogP contribution in [0.5, 0.6) is 0 Å². The molecule has 0 saturated heterocycles. The quantitative estimate of drug-likeness (QED) is 0.696. The molecule has 0 aromatic heterocycles. The van der Waals surface area contributed by atoms with Crippen LogP contribution in [0.4, 0.5) is 0 Å². The normalized spacial score (nSPS) is 37.4. The average molecular weight is 182 g/mol.